The van der Waals surface area contributed by atoms with Crippen LogP contribution in [0.25, 0.3) is 0 Å². The van der Waals surface area contributed by atoms with Crippen LogP contribution >= 0.6 is 0 Å². The van der Waals surface area contributed by atoms with E-state index in [-0.39, 0.29) is 13.2 Å². The molecule has 0 saturated heterocycles. The van der Waals surface area contributed by atoms with Gasteiger partial charge in [-0.1, -0.05) is 12.1 Å². The highest BCUT2D eigenvalue weighted by molar-refractivity contribution is 5.70. The molecule has 3 N–H and O–H groups in total. The van der Waals surface area contributed by atoms with E-state index in [1.165, 1.54) is 0 Å². The molecule has 1 aromatic rings. The Morgan fingerprint density at radius 2 is 2.19 bits per heavy atom. The number of ether oxygens (including phenoxy) is 2. The summed E-state index contributed by atoms with van der Waals surface area (Å²) in [6.45, 7) is 0.241. The average Bonchev–Trinajstić information content (AvgIpc) is 2.28. The summed E-state index contributed by atoms with van der Waals surface area (Å²) in [6, 6.07) is 6.28. The van der Waals surface area contributed by atoms with E-state index in [1.807, 2.05) is 12.1 Å². The van der Waals surface area contributed by atoms with Crippen LogP contribution in [0.1, 0.15) is 0 Å². The minimum atomic E-state index is -0.914. The maximum Gasteiger partial charge on any atom is 0.338 e. The van der Waals surface area contributed by atoms with Crippen molar-refractivity contribution < 1.29 is 19.5 Å². The smallest absolute Gasteiger partial charge is 0.338 e. The fraction of sp³-hybridized carbons (Fsp3) is 0.300. The summed E-state index contributed by atoms with van der Waals surface area (Å²) < 4.78 is 10.9. The lowest BCUT2D eigenvalue weighted by molar-refractivity contribution is -0.0714. The van der Waals surface area contributed by atoms with E-state index in [1.54, 1.807) is 12.1 Å². The Balaban J connectivity index is 2.00. The van der Waals surface area contributed by atoms with Crippen LogP contribution in [0, 0.1) is 0 Å². The molecule has 1 aliphatic heterocycles. The van der Waals surface area contributed by atoms with Crippen LogP contribution in [0.3, 0.4) is 0 Å². The van der Waals surface area contributed by atoms with Gasteiger partial charge in [-0.15, -0.1) is 0 Å². The first kappa shape index (κ1) is 10.6. The number of benzene rings is 1. The van der Waals surface area contributed by atoms with Gasteiger partial charge in [0.15, 0.2) is 17.6 Å². The quantitative estimate of drug-likeness (QED) is 0.569. The van der Waals surface area contributed by atoms with Crippen molar-refractivity contribution in [3.05, 3.63) is 24.3 Å². The first-order valence-electron chi connectivity index (χ1n) is 4.81. The number of carbonyl (C=O) groups excluding carboxylic acids is 1. The van der Waals surface area contributed by atoms with Gasteiger partial charge in [0.05, 0.1) is 6.54 Å². The van der Waals surface area contributed by atoms with E-state index in [4.69, 9.17) is 20.4 Å². The lowest BCUT2D eigenvalue weighted by Crippen LogP contribution is -2.44. The number of para-hydroxylation sites is 2. The maximum absolute atomic E-state index is 10.6. The van der Waals surface area contributed by atoms with Crippen molar-refractivity contribution in [3.8, 4) is 11.5 Å². The van der Waals surface area contributed by atoms with Crippen molar-refractivity contribution >= 4 is 6.03 Å². The molecule has 0 aliphatic carbocycles. The summed E-state index contributed by atoms with van der Waals surface area (Å²) in [7, 11) is 0. The summed E-state index contributed by atoms with van der Waals surface area (Å²) in [5, 5.41) is 9.55. The molecule has 1 unspecified atom stereocenters. The van der Waals surface area contributed by atoms with Gasteiger partial charge in [0, 0.05) is 0 Å². The number of hydrogen-bond donors (Lipinski definition) is 2. The molecule has 0 spiro atoms. The molecule has 1 atom stereocenters. The summed E-state index contributed by atoms with van der Waals surface area (Å²) in [5.41, 5.74) is 4.89. The van der Waals surface area contributed by atoms with Gasteiger partial charge in [-0.2, -0.15) is 0 Å². The Kier molecular flexibility index (Phi) is 2.82. The third-order valence-corrected chi connectivity index (χ3v) is 2.20. The highest BCUT2D eigenvalue weighted by Gasteiger charge is 2.23. The van der Waals surface area contributed by atoms with Crippen LogP contribution in [0.2, 0.25) is 0 Å². The second-order valence-electron chi connectivity index (χ2n) is 3.42. The topological polar surface area (TPSA) is 85.0 Å². The third-order valence-electron chi connectivity index (χ3n) is 2.20. The fourth-order valence-electron chi connectivity index (χ4n) is 1.44. The number of rotatable bonds is 2. The lowest BCUT2D eigenvalue weighted by Gasteiger charge is -2.28. The van der Waals surface area contributed by atoms with Crippen LogP contribution in [-0.4, -0.2) is 35.6 Å². The molecule has 0 bridgehead atoms. The van der Waals surface area contributed by atoms with Crippen molar-refractivity contribution in [2.75, 3.05) is 13.2 Å². The van der Waals surface area contributed by atoms with Crippen LogP contribution in [0.15, 0.2) is 24.3 Å². The minimum Gasteiger partial charge on any atom is -0.486 e. The molecule has 0 saturated carbocycles. The Bertz CT molecular complexity index is 396. The second-order valence-corrected chi connectivity index (χ2v) is 3.42. The average molecular weight is 224 g/mol. The number of nitrogens with two attached hydrogens (primary N) is 1. The number of hydrogen-bond acceptors (Lipinski definition) is 4. The highest BCUT2D eigenvalue weighted by atomic mass is 16.6. The van der Waals surface area contributed by atoms with Crippen LogP contribution in [-0.2, 0) is 0 Å². The predicted molar refractivity (Wildman–Crippen MR) is 54.4 cm³/mol. The molecule has 6 nitrogen and oxygen atoms in total. The van der Waals surface area contributed by atoms with Gasteiger partial charge in [-0.05, 0) is 12.1 Å². The zero-order valence-electron chi connectivity index (χ0n) is 8.50. The molecule has 2 amide bonds. The summed E-state index contributed by atoms with van der Waals surface area (Å²) >= 11 is 0. The Labute approximate surface area is 92.1 Å². The number of primary amides is 1. The molecule has 0 aromatic heterocycles. The molecule has 1 aliphatic rings. The van der Waals surface area contributed by atoms with Gasteiger partial charge in [0.25, 0.3) is 0 Å². The van der Waals surface area contributed by atoms with E-state index < -0.39 is 12.1 Å². The van der Waals surface area contributed by atoms with Gasteiger partial charge < -0.3 is 15.2 Å². The highest BCUT2D eigenvalue weighted by Crippen LogP contribution is 2.30. The first-order valence-corrected chi connectivity index (χ1v) is 4.81. The molecule has 2 rings (SSSR count). The summed E-state index contributed by atoms with van der Waals surface area (Å²) in [5.74, 6) is 1.25. The monoisotopic (exact) mass is 224 g/mol. The lowest BCUT2D eigenvalue weighted by atomic mass is 10.2. The number of carbonyl (C=O) groups is 1. The molecule has 1 heterocycles. The third kappa shape index (κ3) is 2.17. The van der Waals surface area contributed by atoms with E-state index in [0.29, 0.717) is 16.6 Å². The minimum absolute atomic E-state index is 0.0241. The first-order chi connectivity index (χ1) is 7.66. The molecule has 0 fully saturated rings. The number of amides is 2. The van der Waals surface area contributed by atoms with Gasteiger partial charge in [-0.25, -0.2) is 9.86 Å². The van der Waals surface area contributed by atoms with E-state index in [0.717, 1.165) is 0 Å². The van der Waals surface area contributed by atoms with Crippen molar-refractivity contribution in [2.45, 2.75) is 6.10 Å². The van der Waals surface area contributed by atoms with Gasteiger partial charge in [-0.3, -0.25) is 5.21 Å². The molecule has 6 heteroatoms. The Hall–Kier alpha value is -1.95. The van der Waals surface area contributed by atoms with Crippen LogP contribution in [0.4, 0.5) is 4.79 Å². The van der Waals surface area contributed by atoms with Crippen molar-refractivity contribution in [2.24, 2.45) is 5.73 Å². The zero-order chi connectivity index (χ0) is 11.5. The maximum atomic E-state index is 10.6. The SMILES string of the molecule is NC(=O)N(O)CC1COc2ccccc2O1. The molecular weight excluding hydrogens is 212 g/mol. The molecular formula is C10H12N2O4. The van der Waals surface area contributed by atoms with Gasteiger partial charge >= 0.3 is 6.03 Å². The molecule has 16 heavy (non-hydrogen) atoms. The fourth-order valence-corrected chi connectivity index (χ4v) is 1.44. The largest absolute Gasteiger partial charge is 0.486 e. The van der Waals surface area contributed by atoms with Crippen molar-refractivity contribution in [1.29, 1.82) is 0 Å². The zero-order valence-corrected chi connectivity index (χ0v) is 8.50. The standard InChI is InChI=1S/C10H12N2O4/c11-10(13)12(14)5-7-6-15-8-3-1-2-4-9(8)16-7/h1-4,7,14H,5-6H2,(H2,11,13). The second kappa shape index (κ2) is 4.28. The normalized spacial score (nSPS) is 17.9. The van der Waals surface area contributed by atoms with E-state index in [9.17, 15) is 4.79 Å². The number of nitrogens with zero attached hydrogens (tertiary/aromatic N) is 1. The van der Waals surface area contributed by atoms with E-state index >= 15 is 0 Å². The van der Waals surface area contributed by atoms with Crippen molar-refractivity contribution in [3.63, 3.8) is 0 Å². The predicted octanol–water partition coefficient (Wildman–Crippen LogP) is 0.596. The van der Waals surface area contributed by atoms with Crippen molar-refractivity contribution in [1.82, 2.24) is 5.06 Å². The number of urea groups is 1. The Morgan fingerprint density at radius 3 is 2.88 bits per heavy atom. The number of fused-ring (bicyclic) bond motifs is 1. The molecule has 86 valence electrons. The van der Waals surface area contributed by atoms with Crippen LogP contribution < -0.4 is 15.2 Å². The van der Waals surface area contributed by atoms with Crippen LogP contribution in [0.5, 0.6) is 11.5 Å². The summed E-state index contributed by atoms with van der Waals surface area (Å²) in [4.78, 5) is 10.6. The van der Waals surface area contributed by atoms with Gasteiger partial charge in [0.2, 0.25) is 0 Å². The van der Waals surface area contributed by atoms with Gasteiger partial charge in [0.1, 0.15) is 6.61 Å². The van der Waals surface area contributed by atoms with E-state index in [2.05, 4.69) is 0 Å². The molecule has 0 radical (unpaired) electrons. The Morgan fingerprint density at radius 1 is 1.50 bits per heavy atom. The number of hydroxylamine groups is 2. The summed E-state index contributed by atoms with van der Waals surface area (Å²) in [6.07, 6.45) is -0.424. The molecule has 1 aromatic carbocycles.